The Labute approximate surface area is 230 Å². The number of aryl methyl sites for hydroxylation is 2. The summed E-state index contributed by atoms with van der Waals surface area (Å²) in [5, 5.41) is 7.53. The van der Waals surface area contributed by atoms with Crippen LogP contribution >= 0.6 is 11.3 Å². The predicted octanol–water partition coefficient (Wildman–Crippen LogP) is 5.08. The van der Waals surface area contributed by atoms with E-state index in [1.165, 1.54) is 9.44 Å². The normalized spacial score (nSPS) is 11.8. The van der Waals surface area contributed by atoms with Crippen LogP contribution < -0.4 is 11.2 Å². The number of hydrogen-bond donors (Lipinski definition) is 0. The molecular weight excluding hydrogens is 508 g/mol. The zero-order valence-electron chi connectivity index (χ0n) is 22.7. The summed E-state index contributed by atoms with van der Waals surface area (Å²) in [6, 6.07) is 7.60. The van der Waals surface area contributed by atoms with Crippen LogP contribution in [0.4, 0.5) is 0 Å². The molecule has 0 atom stereocenters. The molecule has 0 saturated carbocycles. The zero-order chi connectivity index (χ0) is 27.7. The predicted molar refractivity (Wildman–Crippen MR) is 158 cm³/mol. The quantitative estimate of drug-likeness (QED) is 0.244. The highest BCUT2D eigenvalue weighted by Crippen LogP contribution is 2.30. The SMILES string of the molecule is C=C/C=C\c1c(Cn2nc3c(c2-c2cccn2C)c(=O)n(Cc2cccnc2)c(=O)n3CC(C)C)csc1C. The Bertz CT molecular complexity index is 1800. The van der Waals surface area contributed by atoms with Crippen LogP contribution in [0.2, 0.25) is 0 Å². The molecule has 0 fully saturated rings. The van der Waals surface area contributed by atoms with Gasteiger partial charge in [-0.1, -0.05) is 44.7 Å². The lowest BCUT2D eigenvalue weighted by atomic mass is 10.1. The molecule has 0 amide bonds. The first kappa shape index (κ1) is 26.4. The molecule has 0 unspecified atom stereocenters. The fourth-order valence-electron chi connectivity index (χ4n) is 4.90. The number of nitrogens with zero attached hydrogens (tertiary/aromatic N) is 6. The molecule has 5 rings (SSSR count). The lowest BCUT2D eigenvalue weighted by Gasteiger charge is -2.13. The van der Waals surface area contributed by atoms with Crippen molar-refractivity contribution in [3.8, 4) is 11.4 Å². The second-order valence-corrected chi connectivity index (χ2v) is 11.2. The highest BCUT2D eigenvalue weighted by molar-refractivity contribution is 7.10. The molecular formula is C30H32N6O2S. The average molecular weight is 541 g/mol. The number of fused-ring (bicyclic) bond motifs is 1. The van der Waals surface area contributed by atoms with Gasteiger partial charge in [-0.25, -0.2) is 4.79 Å². The largest absolute Gasteiger partial charge is 0.349 e. The second kappa shape index (κ2) is 10.9. The maximum Gasteiger partial charge on any atom is 0.333 e. The molecule has 0 N–H and O–H groups in total. The van der Waals surface area contributed by atoms with Crippen LogP contribution in [0.25, 0.3) is 28.5 Å². The Morgan fingerprint density at radius 3 is 2.62 bits per heavy atom. The van der Waals surface area contributed by atoms with Gasteiger partial charge >= 0.3 is 5.69 Å². The van der Waals surface area contributed by atoms with Crippen LogP contribution in [0.15, 0.2) is 76.6 Å². The number of aromatic nitrogens is 6. The maximum atomic E-state index is 14.1. The minimum absolute atomic E-state index is 0.136. The third kappa shape index (κ3) is 4.97. The van der Waals surface area contributed by atoms with Crippen molar-refractivity contribution in [1.29, 1.82) is 0 Å². The van der Waals surface area contributed by atoms with Gasteiger partial charge in [0.1, 0.15) is 11.1 Å². The van der Waals surface area contributed by atoms with E-state index >= 15 is 0 Å². The topological polar surface area (TPSA) is 79.6 Å². The number of rotatable bonds is 9. The van der Waals surface area contributed by atoms with Crippen molar-refractivity contribution in [3.05, 3.63) is 109 Å². The van der Waals surface area contributed by atoms with Gasteiger partial charge in [0.15, 0.2) is 5.65 Å². The summed E-state index contributed by atoms with van der Waals surface area (Å²) in [6.07, 6.45) is 11.0. The van der Waals surface area contributed by atoms with Crippen molar-refractivity contribution in [1.82, 2.24) is 28.5 Å². The number of pyridine rings is 1. The first-order valence-electron chi connectivity index (χ1n) is 12.9. The molecule has 0 bridgehead atoms. The highest BCUT2D eigenvalue weighted by Gasteiger charge is 2.25. The summed E-state index contributed by atoms with van der Waals surface area (Å²) in [6.45, 7) is 11.0. The van der Waals surface area contributed by atoms with E-state index in [0.717, 1.165) is 22.4 Å². The third-order valence-corrected chi connectivity index (χ3v) is 7.71. The molecule has 0 aromatic carbocycles. The molecule has 5 heterocycles. The molecule has 8 nitrogen and oxygen atoms in total. The van der Waals surface area contributed by atoms with E-state index < -0.39 is 0 Å². The molecule has 5 aromatic heterocycles. The van der Waals surface area contributed by atoms with E-state index in [0.29, 0.717) is 29.8 Å². The molecule has 0 aliphatic heterocycles. The van der Waals surface area contributed by atoms with E-state index in [-0.39, 0.29) is 23.7 Å². The Kier molecular flexibility index (Phi) is 7.34. The molecule has 0 saturated heterocycles. The lowest BCUT2D eigenvalue weighted by molar-refractivity contribution is 0.492. The monoisotopic (exact) mass is 540 g/mol. The Morgan fingerprint density at radius 2 is 1.95 bits per heavy atom. The minimum Gasteiger partial charge on any atom is -0.349 e. The fraction of sp³-hybridized carbons (Fsp3) is 0.267. The van der Waals surface area contributed by atoms with Gasteiger partial charge in [0.25, 0.3) is 5.56 Å². The Hall–Kier alpha value is -4.24. The van der Waals surface area contributed by atoms with Crippen LogP contribution in [-0.2, 0) is 26.7 Å². The maximum absolute atomic E-state index is 14.1. The minimum atomic E-state index is -0.367. The van der Waals surface area contributed by atoms with Gasteiger partial charge in [0.2, 0.25) is 0 Å². The molecule has 0 aliphatic carbocycles. The van der Waals surface area contributed by atoms with Crippen molar-refractivity contribution in [3.63, 3.8) is 0 Å². The molecule has 39 heavy (non-hydrogen) atoms. The molecule has 0 radical (unpaired) electrons. The second-order valence-electron chi connectivity index (χ2n) is 10.1. The van der Waals surface area contributed by atoms with E-state index in [1.807, 2.05) is 46.8 Å². The van der Waals surface area contributed by atoms with Gasteiger partial charge in [-0.3, -0.25) is 23.6 Å². The summed E-state index contributed by atoms with van der Waals surface area (Å²) >= 11 is 1.68. The third-order valence-electron chi connectivity index (χ3n) is 6.73. The Morgan fingerprint density at radius 1 is 1.13 bits per heavy atom. The van der Waals surface area contributed by atoms with Gasteiger partial charge < -0.3 is 4.57 Å². The summed E-state index contributed by atoms with van der Waals surface area (Å²) in [7, 11) is 1.95. The van der Waals surface area contributed by atoms with E-state index in [9.17, 15) is 9.59 Å². The van der Waals surface area contributed by atoms with Gasteiger partial charge in [-0.15, -0.1) is 11.3 Å². The van der Waals surface area contributed by atoms with E-state index in [2.05, 4.69) is 43.8 Å². The molecule has 9 heteroatoms. The van der Waals surface area contributed by atoms with Gasteiger partial charge in [-0.2, -0.15) is 5.10 Å². The zero-order valence-corrected chi connectivity index (χ0v) is 23.5. The number of hydrogen-bond acceptors (Lipinski definition) is 5. The summed E-state index contributed by atoms with van der Waals surface area (Å²) < 4.78 is 6.82. The van der Waals surface area contributed by atoms with Crippen LogP contribution in [0.3, 0.4) is 0 Å². The van der Waals surface area contributed by atoms with Crippen LogP contribution in [0.1, 0.15) is 35.4 Å². The summed E-state index contributed by atoms with van der Waals surface area (Å²) in [5.74, 6) is 0.175. The average Bonchev–Trinajstić information content (AvgIpc) is 3.60. The van der Waals surface area contributed by atoms with Crippen molar-refractivity contribution in [2.45, 2.75) is 40.4 Å². The molecule has 0 aliphatic rings. The molecule has 0 spiro atoms. The van der Waals surface area contributed by atoms with Crippen molar-refractivity contribution in [2.24, 2.45) is 13.0 Å². The van der Waals surface area contributed by atoms with Crippen molar-refractivity contribution >= 4 is 28.4 Å². The van der Waals surface area contributed by atoms with Gasteiger partial charge in [-0.05, 0) is 53.1 Å². The first-order valence-corrected chi connectivity index (χ1v) is 13.8. The smallest absolute Gasteiger partial charge is 0.333 e. The van der Waals surface area contributed by atoms with E-state index in [4.69, 9.17) is 5.10 Å². The standard InChI is InChI=1S/C30H32N6O2S/c1-6-7-11-24-21(4)39-19-23(24)18-36-27(25-12-9-14-33(25)5)26-28(32-36)34(16-20(2)3)30(38)35(29(26)37)17-22-10-8-13-31-15-22/h6-15,19-20H,1,16-18H2,2-5H3/b11-7-. The lowest BCUT2D eigenvalue weighted by Crippen LogP contribution is -2.41. The number of allylic oxidation sites excluding steroid dienone is 2. The first-order chi connectivity index (χ1) is 18.8. The van der Waals surface area contributed by atoms with Crippen molar-refractivity contribution in [2.75, 3.05) is 0 Å². The summed E-state index contributed by atoms with van der Waals surface area (Å²) in [4.78, 5) is 33.3. The van der Waals surface area contributed by atoms with Crippen LogP contribution in [0.5, 0.6) is 0 Å². The van der Waals surface area contributed by atoms with Gasteiger partial charge in [0, 0.05) is 37.1 Å². The molecule has 5 aromatic rings. The number of thiophene rings is 1. The molecule has 200 valence electrons. The van der Waals surface area contributed by atoms with Crippen molar-refractivity contribution < 1.29 is 0 Å². The Balaban J connectivity index is 1.82. The highest BCUT2D eigenvalue weighted by atomic mass is 32.1. The van der Waals surface area contributed by atoms with Crippen LogP contribution in [0, 0.1) is 12.8 Å². The van der Waals surface area contributed by atoms with Gasteiger partial charge in [0.05, 0.1) is 18.8 Å². The van der Waals surface area contributed by atoms with E-state index in [1.54, 1.807) is 40.4 Å². The summed E-state index contributed by atoms with van der Waals surface area (Å²) in [5.41, 5.74) is 4.23. The fourth-order valence-corrected chi connectivity index (χ4v) is 5.75. The van der Waals surface area contributed by atoms with Crippen LogP contribution in [-0.4, -0.2) is 28.5 Å².